The van der Waals surface area contributed by atoms with E-state index in [-0.39, 0.29) is 0 Å². The Balaban J connectivity index is 2.05. The first-order valence-electron chi connectivity index (χ1n) is 5.75. The number of benzene rings is 1. The van der Waals surface area contributed by atoms with Gasteiger partial charge in [-0.25, -0.2) is 0 Å². The molecule has 0 N–H and O–H groups in total. The van der Waals surface area contributed by atoms with Gasteiger partial charge in [0.25, 0.3) is 0 Å². The van der Waals surface area contributed by atoms with Gasteiger partial charge < -0.3 is 4.57 Å². The number of aromatic nitrogens is 2. The van der Waals surface area contributed by atoms with Crippen molar-refractivity contribution in [3.8, 4) is 6.07 Å². The maximum atomic E-state index is 8.95. The van der Waals surface area contributed by atoms with E-state index in [4.69, 9.17) is 5.26 Å². The van der Waals surface area contributed by atoms with Crippen molar-refractivity contribution in [2.24, 2.45) is 0 Å². The van der Waals surface area contributed by atoms with Gasteiger partial charge in [0.2, 0.25) is 0 Å². The normalized spacial score (nSPS) is 10.4. The Kier molecular flexibility index (Phi) is 2.54. The molecule has 0 aliphatic heterocycles. The van der Waals surface area contributed by atoms with Crippen molar-refractivity contribution < 1.29 is 0 Å². The van der Waals surface area contributed by atoms with Crippen LogP contribution in [0.15, 0.2) is 55.0 Å². The zero-order chi connectivity index (χ0) is 12.4. The predicted octanol–water partition coefficient (Wildman–Crippen LogP) is 2.96. The Morgan fingerprint density at radius 2 is 2.17 bits per heavy atom. The Morgan fingerprint density at radius 3 is 2.94 bits per heavy atom. The van der Waals surface area contributed by atoms with Crippen LogP contribution in [0, 0.1) is 11.3 Å². The third-order valence-corrected chi connectivity index (χ3v) is 2.98. The van der Waals surface area contributed by atoms with Crippen molar-refractivity contribution in [2.45, 2.75) is 6.54 Å². The quantitative estimate of drug-likeness (QED) is 0.682. The molecule has 0 unspecified atom stereocenters. The molecule has 86 valence electrons. The van der Waals surface area contributed by atoms with Crippen molar-refractivity contribution in [2.75, 3.05) is 0 Å². The van der Waals surface area contributed by atoms with Gasteiger partial charge in [-0.1, -0.05) is 12.1 Å². The summed E-state index contributed by atoms with van der Waals surface area (Å²) in [5.74, 6) is 0. The zero-order valence-electron chi connectivity index (χ0n) is 9.74. The fraction of sp³-hybridized carbons (Fsp3) is 0.0667. The van der Waals surface area contributed by atoms with Crippen molar-refractivity contribution >= 4 is 10.9 Å². The van der Waals surface area contributed by atoms with Crippen LogP contribution in [0.4, 0.5) is 0 Å². The minimum Gasteiger partial charge on any atom is -0.343 e. The summed E-state index contributed by atoms with van der Waals surface area (Å²) in [6.07, 6.45) is 5.67. The molecule has 0 spiro atoms. The minimum atomic E-state index is 0.689. The second-order valence-corrected chi connectivity index (χ2v) is 4.19. The molecule has 0 amide bonds. The maximum absolute atomic E-state index is 8.95. The van der Waals surface area contributed by atoms with Crippen LogP contribution in [0.2, 0.25) is 0 Å². The zero-order valence-corrected chi connectivity index (χ0v) is 9.74. The molecule has 0 fully saturated rings. The lowest BCUT2D eigenvalue weighted by Crippen LogP contribution is -1.98. The molecule has 18 heavy (non-hydrogen) atoms. The molecule has 0 bridgehead atoms. The molecule has 0 atom stereocenters. The lowest BCUT2D eigenvalue weighted by atomic mass is 10.2. The molecule has 3 heteroatoms. The molecule has 2 aromatic heterocycles. The van der Waals surface area contributed by atoms with Gasteiger partial charge in [0, 0.05) is 30.7 Å². The van der Waals surface area contributed by atoms with Crippen LogP contribution in [-0.4, -0.2) is 9.55 Å². The van der Waals surface area contributed by atoms with Crippen LogP contribution in [-0.2, 0) is 6.54 Å². The minimum absolute atomic E-state index is 0.689. The van der Waals surface area contributed by atoms with E-state index in [9.17, 15) is 0 Å². The Labute approximate surface area is 105 Å². The van der Waals surface area contributed by atoms with E-state index in [0.717, 1.165) is 23.0 Å². The van der Waals surface area contributed by atoms with Crippen LogP contribution in [0.1, 0.15) is 11.1 Å². The standard InChI is InChI=1S/C15H11N3/c16-9-12-3-4-14-5-7-18(15(14)8-12)11-13-2-1-6-17-10-13/h1-8,10H,11H2. The summed E-state index contributed by atoms with van der Waals surface area (Å²) in [5, 5.41) is 10.1. The fourth-order valence-electron chi connectivity index (χ4n) is 2.08. The Morgan fingerprint density at radius 1 is 1.22 bits per heavy atom. The lowest BCUT2D eigenvalue weighted by molar-refractivity contribution is 0.831. The lowest BCUT2D eigenvalue weighted by Gasteiger charge is -2.05. The fourth-order valence-corrected chi connectivity index (χ4v) is 2.08. The summed E-state index contributed by atoms with van der Waals surface area (Å²) < 4.78 is 2.13. The summed E-state index contributed by atoms with van der Waals surface area (Å²) in [7, 11) is 0. The van der Waals surface area contributed by atoms with Crippen LogP contribution in [0.5, 0.6) is 0 Å². The van der Waals surface area contributed by atoms with Crippen LogP contribution in [0.3, 0.4) is 0 Å². The second-order valence-electron chi connectivity index (χ2n) is 4.19. The van der Waals surface area contributed by atoms with Crippen LogP contribution >= 0.6 is 0 Å². The van der Waals surface area contributed by atoms with Gasteiger partial charge in [0.15, 0.2) is 0 Å². The summed E-state index contributed by atoms with van der Waals surface area (Å²) in [4.78, 5) is 4.11. The topological polar surface area (TPSA) is 41.6 Å². The molecule has 0 saturated carbocycles. The molecule has 1 aromatic carbocycles. The van der Waals surface area contributed by atoms with Gasteiger partial charge in [-0.15, -0.1) is 0 Å². The van der Waals surface area contributed by atoms with Crippen LogP contribution in [0.25, 0.3) is 10.9 Å². The largest absolute Gasteiger partial charge is 0.343 e. The van der Waals surface area contributed by atoms with Gasteiger partial charge in [-0.3, -0.25) is 4.98 Å². The van der Waals surface area contributed by atoms with Crippen molar-refractivity contribution in [3.05, 3.63) is 66.1 Å². The number of fused-ring (bicyclic) bond motifs is 1. The maximum Gasteiger partial charge on any atom is 0.0992 e. The van der Waals surface area contributed by atoms with Crippen molar-refractivity contribution in [3.63, 3.8) is 0 Å². The van der Waals surface area contributed by atoms with Gasteiger partial charge in [-0.2, -0.15) is 5.26 Å². The predicted molar refractivity (Wildman–Crippen MR) is 70.0 cm³/mol. The van der Waals surface area contributed by atoms with E-state index < -0.39 is 0 Å². The molecule has 2 heterocycles. The molecule has 0 radical (unpaired) electrons. The average Bonchev–Trinajstić information content (AvgIpc) is 2.82. The third kappa shape index (κ3) is 1.85. The summed E-state index contributed by atoms with van der Waals surface area (Å²) in [6, 6.07) is 14.0. The SMILES string of the molecule is N#Cc1ccc2ccn(Cc3cccnc3)c2c1. The first-order chi connectivity index (χ1) is 8.86. The van der Waals surface area contributed by atoms with Gasteiger partial charge >= 0.3 is 0 Å². The number of nitriles is 1. The number of hydrogen-bond donors (Lipinski definition) is 0. The molecule has 3 aromatic rings. The highest BCUT2D eigenvalue weighted by Gasteiger charge is 2.03. The highest BCUT2D eigenvalue weighted by atomic mass is 15.0. The third-order valence-electron chi connectivity index (χ3n) is 2.98. The van der Waals surface area contributed by atoms with Crippen molar-refractivity contribution in [1.82, 2.24) is 9.55 Å². The van der Waals surface area contributed by atoms with Gasteiger partial charge in [0.05, 0.1) is 11.6 Å². The van der Waals surface area contributed by atoms with Crippen molar-refractivity contribution in [1.29, 1.82) is 5.26 Å². The molecule has 0 aliphatic carbocycles. The first kappa shape index (κ1) is 10.5. The number of nitrogens with zero attached hydrogens (tertiary/aromatic N) is 3. The number of rotatable bonds is 2. The highest BCUT2D eigenvalue weighted by molar-refractivity contribution is 5.81. The van der Waals surface area contributed by atoms with E-state index in [1.165, 1.54) is 0 Å². The summed E-state index contributed by atoms with van der Waals surface area (Å²) in [5.41, 5.74) is 2.92. The average molecular weight is 233 g/mol. The van der Waals surface area contributed by atoms with E-state index in [2.05, 4.69) is 21.7 Å². The first-order valence-corrected chi connectivity index (χ1v) is 5.75. The summed E-state index contributed by atoms with van der Waals surface area (Å²) in [6.45, 7) is 0.770. The molecule has 0 aliphatic rings. The summed E-state index contributed by atoms with van der Waals surface area (Å²) >= 11 is 0. The Hall–Kier alpha value is -2.60. The molecular weight excluding hydrogens is 222 g/mol. The van der Waals surface area contributed by atoms with Crippen LogP contribution < -0.4 is 0 Å². The molecular formula is C15H11N3. The van der Waals surface area contributed by atoms with Gasteiger partial charge in [0.1, 0.15) is 0 Å². The van der Waals surface area contributed by atoms with E-state index in [1.807, 2.05) is 42.7 Å². The number of pyridine rings is 1. The molecule has 3 nitrogen and oxygen atoms in total. The second kappa shape index (κ2) is 4.34. The number of hydrogen-bond acceptors (Lipinski definition) is 2. The smallest absolute Gasteiger partial charge is 0.0992 e. The van der Waals surface area contributed by atoms with E-state index >= 15 is 0 Å². The van der Waals surface area contributed by atoms with E-state index in [1.54, 1.807) is 6.20 Å². The highest BCUT2D eigenvalue weighted by Crippen LogP contribution is 2.18. The molecule has 3 rings (SSSR count). The van der Waals surface area contributed by atoms with E-state index in [0.29, 0.717) is 5.56 Å². The Bertz CT molecular complexity index is 720. The van der Waals surface area contributed by atoms with Gasteiger partial charge in [-0.05, 0) is 35.2 Å². The monoisotopic (exact) mass is 233 g/mol. The molecule has 0 saturated heterocycles.